The number of aliphatic hydroxyl groups excluding tert-OH is 1. The predicted octanol–water partition coefficient (Wildman–Crippen LogP) is 2.03. The number of amides is 1. The number of hydrogen-bond donors (Lipinski definition) is 2. The van der Waals surface area contributed by atoms with Gasteiger partial charge in [0.25, 0.3) is 5.91 Å². The van der Waals surface area contributed by atoms with E-state index in [0.29, 0.717) is 17.0 Å². The Labute approximate surface area is 129 Å². The molecule has 1 fully saturated rings. The molecule has 1 aliphatic carbocycles. The quantitative estimate of drug-likeness (QED) is 0.837. The van der Waals surface area contributed by atoms with Crippen molar-refractivity contribution in [1.82, 2.24) is 5.32 Å². The molecule has 1 aliphatic rings. The lowest BCUT2D eigenvalue weighted by Gasteiger charge is -2.51. The van der Waals surface area contributed by atoms with Crippen molar-refractivity contribution in [1.29, 1.82) is 0 Å². The van der Waals surface area contributed by atoms with Gasteiger partial charge in [0.2, 0.25) is 0 Å². The van der Waals surface area contributed by atoms with Crippen molar-refractivity contribution in [3.63, 3.8) is 0 Å². The first-order chi connectivity index (χ1) is 10.0. The molecule has 0 radical (unpaired) electrons. The molecule has 2 N–H and O–H groups in total. The zero-order valence-electron chi connectivity index (χ0n) is 12.6. The second-order valence-corrected chi connectivity index (χ2v) is 6.57. The van der Waals surface area contributed by atoms with Gasteiger partial charge in [0, 0.05) is 23.6 Å². The van der Waals surface area contributed by atoms with Gasteiger partial charge in [-0.2, -0.15) is 0 Å². The van der Waals surface area contributed by atoms with Crippen molar-refractivity contribution in [3.05, 3.63) is 21.9 Å². The van der Waals surface area contributed by atoms with Gasteiger partial charge in [-0.3, -0.25) is 4.79 Å². The molecule has 1 aromatic heterocycles. The van der Waals surface area contributed by atoms with Gasteiger partial charge >= 0.3 is 0 Å². The van der Waals surface area contributed by atoms with Gasteiger partial charge in [0.15, 0.2) is 0 Å². The molecule has 0 spiro atoms. The van der Waals surface area contributed by atoms with Crippen LogP contribution in [-0.2, 0) is 4.74 Å². The molecule has 0 aliphatic heterocycles. The third-order valence-electron chi connectivity index (χ3n) is 4.02. The summed E-state index contributed by atoms with van der Waals surface area (Å²) in [6, 6.07) is 1.92. The summed E-state index contributed by atoms with van der Waals surface area (Å²) in [5, 5.41) is 13.7. The highest BCUT2D eigenvalue weighted by atomic mass is 32.1. The number of ether oxygens (including phenoxy) is 1. The maximum atomic E-state index is 12.4. The number of carbonyl (C=O) groups excluding carboxylic acids is 1. The number of hydrogen-bond acceptors (Lipinski definition) is 4. The number of nitrogens with one attached hydrogen (secondary N) is 1. The molecule has 0 bridgehead atoms. The molecule has 114 valence electrons. The molecule has 2 atom stereocenters. The van der Waals surface area contributed by atoms with Crippen LogP contribution in [0, 0.1) is 17.3 Å². The number of thiophene rings is 1. The Hall–Kier alpha value is -1.35. The summed E-state index contributed by atoms with van der Waals surface area (Å²) >= 11 is 1.37. The molecule has 2 rings (SSSR count). The Morgan fingerprint density at radius 2 is 2.38 bits per heavy atom. The van der Waals surface area contributed by atoms with Crippen molar-refractivity contribution >= 4 is 17.2 Å². The van der Waals surface area contributed by atoms with E-state index in [4.69, 9.17) is 9.84 Å². The first kappa shape index (κ1) is 16.0. The van der Waals surface area contributed by atoms with Crippen molar-refractivity contribution in [3.8, 4) is 11.8 Å². The molecular formula is C16H21NO3S. The van der Waals surface area contributed by atoms with E-state index < -0.39 is 0 Å². The second kappa shape index (κ2) is 6.61. The van der Waals surface area contributed by atoms with E-state index in [1.165, 1.54) is 11.3 Å². The number of aliphatic hydroxyl groups is 1. The molecule has 0 aromatic carbocycles. The summed E-state index contributed by atoms with van der Waals surface area (Å²) in [4.78, 5) is 13.0. The molecule has 0 saturated heterocycles. The van der Waals surface area contributed by atoms with Gasteiger partial charge < -0.3 is 15.2 Å². The molecule has 21 heavy (non-hydrogen) atoms. The lowest BCUT2D eigenvalue weighted by Crippen LogP contribution is -2.62. The first-order valence-electron chi connectivity index (χ1n) is 7.10. The predicted molar refractivity (Wildman–Crippen MR) is 83.3 cm³/mol. The van der Waals surface area contributed by atoms with Crippen LogP contribution >= 0.6 is 11.3 Å². The fraction of sp³-hybridized carbons (Fsp3) is 0.562. The zero-order chi connectivity index (χ0) is 15.5. The van der Waals surface area contributed by atoms with Crippen LogP contribution in [0.15, 0.2) is 11.4 Å². The van der Waals surface area contributed by atoms with Crippen molar-refractivity contribution in [2.45, 2.75) is 39.3 Å². The topological polar surface area (TPSA) is 58.6 Å². The highest BCUT2D eigenvalue weighted by Gasteiger charge is 2.49. The normalized spacial score (nSPS) is 22.9. The Kier molecular flexibility index (Phi) is 5.04. The minimum atomic E-state index is -0.206. The smallest absolute Gasteiger partial charge is 0.262 e. The Bertz CT molecular complexity index is 568. The summed E-state index contributed by atoms with van der Waals surface area (Å²) in [6.07, 6.45) is 1.04. The maximum absolute atomic E-state index is 12.4. The van der Waals surface area contributed by atoms with Crippen molar-refractivity contribution < 1.29 is 14.6 Å². The van der Waals surface area contributed by atoms with E-state index >= 15 is 0 Å². The van der Waals surface area contributed by atoms with Crippen LogP contribution in [0.3, 0.4) is 0 Å². The fourth-order valence-electron chi connectivity index (χ4n) is 2.56. The Morgan fingerprint density at radius 1 is 1.62 bits per heavy atom. The fourth-order valence-corrected chi connectivity index (χ4v) is 3.31. The van der Waals surface area contributed by atoms with Crippen LogP contribution in [0.5, 0.6) is 0 Å². The first-order valence-corrected chi connectivity index (χ1v) is 7.98. The third-order valence-corrected chi connectivity index (χ3v) is 4.94. The van der Waals surface area contributed by atoms with Gasteiger partial charge in [-0.1, -0.05) is 25.7 Å². The Balaban J connectivity index is 2.02. The lowest BCUT2D eigenvalue weighted by atomic mass is 9.64. The van der Waals surface area contributed by atoms with Crippen LogP contribution in [0.2, 0.25) is 0 Å². The van der Waals surface area contributed by atoms with Crippen LogP contribution in [-0.4, -0.2) is 36.4 Å². The van der Waals surface area contributed by atoms with Gasteiger partial charge in [0.1, 0.15) is 11.5 Å². The van der Waals surface area contributed by atoms with E-state index in [1.54, 1.807) is 6.07 Å². The summed E-state index contributed by atoms with van der Waals surface area (Å²) in [7, 11) is 0. The maximum Gasteiger partial charge on any atom is 0.262 e. The minimum absolute atomic E-state index is 0.0557. The van der Waals surface area contributed by atoms with E-state index in [2.05, 4.69) is 31.0 Å². The van der Waals surface area contributed by atoms with Crippen LogP contribution in [0.1, 0.15) is 42.4 Å². The molecule has 1 amide bonds. The standard InChI is InChI=1S/C16H21NO3S/c1-4-20-13-10-12(16(13,2)3)17-15(19)14-11(6-5-8-18)7-9-21-14/h7,9,12-13,18H,4,8,10H2,1-3H3,(H,17,19). The molecule has 1 aromatic rings. The van der Waals surface area contributed by atoms with E-state index in [9.17, 15) is 4.79 Å². The summed E-state index contributed by atoms with van der Waals surface area (Å²) < 4.78 is 5.67. The molecule has 1 saturated carbocycles. The minimum Gasteiger partial charge on any atom is -0.384 e. The summed E-state index contributed by atoms with van der Waals surface area (Å²) in [5.74, 6) is 5.29. The largest absolute Gasteiger partial charge is 0.384 e. The molecule has 2 unspecified atom stereocenters. The average molecular weight is 307 g/mol. The lowest BCUT2D eigenvalue weighted by molar-refractivity contribution is -0.111. The molecular weight excluding hydrogens is 286 g/mol. The van der Waals surface area contributed by atoms with Gasteiger partial charge in [0.05, 0.1) is 6.10 Å². The van der Waals surface area contributed by atoms with E-state index in [0.717, 1.165) is 6.42 Å². The molecule has 1 heterocycles. The van der Waals surface area contributed by atoms with Gasteiger partial charge in [-0.25, -0.2) is 0 Å². The highest BCUT2D eigenvalue weighted by molar-refractivity contribution is 7.12. The van der Waals surface area contributed by atoms with E-state index in [1.807, 2.05) is 12.3 Å². The number of rotatable bonds is 4. The van der Waals surface area contributed by atoms with E-state index in [-0.39, 0.29) is 30.1 Å². The highest BCUT2D eigenvalue weighted by Crippen LogP contribution is 2.42. The second-order valence-electron chi connectivity index (χ2n) is 5.65. The van der Waals surface area contributed by atoms with Crippen LogP contribution in [0.25, 0.3) is 0 Å². The van der Waals surface area contributed by atoms with Crippen LogP contribution in [0.4, 0.5) is 0 Å². The SMILES string of the molecule is CCOC1CC(NC(=O)c2sccc2C#CCO)C1(C)C. The Morgan fingerprint density at radius 3 is 3.00 bits per heavy atom. The van der Waals surface area contributed by atoms with Crippen molar-refractivity contribution in [2.75, 3.05) is 13.2 Å². The van der Waals surface area contributed by atoms with Gasteiger partial charge in [-0.15, -0.1) is 11.3 Å². The monoisotopic (exact) mass is 307 g/mol. The number of carbonyl (C=O) groups is 1. The third kappa shape index (κ3) is 3.29. The summed E-state index contributed by atoms with van der Waals surface area (Å²) in [6.45, 7) is 6.70. The van der Waals surface area contributed by atoms with Crippen LogP contribution < -0.4 is 5.32 Å². The zero-order valence-corrected chi connectivity index (χ0v) is 13.4. The molecule has 5 heteroatoms. The van der Waals surface area contributed by atoms with Crippen molar-refractivity contribution in [2.24, 2.45) is 5.41 Å². The average Bonchev–Trinajstić information content (AvgIpc) is 2.92. The van der Waals surface area contributed by atoms with Gasteiger partial charge in [-0.05, 0) is 24.8 Å². The summed E-state index contributed by atoms with van der Waals surface area (Å²) in [5.41, 5.74) is 0.616. The molecule has 4 nitrogen and oxygen atoms in total.